The summed E-state index contributed by atoms with van der Waals surface area (Å²) >= 11 is 12.0. The van der Waals surface area contributed by atoms with Gasteiger partial charge in [0.2, 0.25) is 0 Å². The van der Waals surface area contributed by atoms with E-state index in [4.69, 9.17) is 23.2 Å². The second-order valence-corrected chi connectivity index (χ2v) is 3.77. The van der Waals surface area contributed by atoms with Gasteiger partial charge in [0.1, 0.15) is 10.8 Å². The fraction of sp³-hybridized carbons (Fsp3) is 0.100. The Morgan fingerprint density at radius 2 is 1.93 bits per heavy atom. The van der Waals surface area contributed by atoms with Gasteiger partial charge in [-0.3, -0.25) is 0 Å². The molecule has 1 N–H and O–H groups in total. The summed E-state index contributed by atoms with van der Waals surface area (Å²) in [5.41, 5.74) is 0.801. The van der Waals surface area contributed by atoms with Crippen molar-refractivity contribution in [3.63, 3.8) is 0 Å². The molecule has 0 saturated heterocycles. The Morgan fingerprint density at radius 1 is 1.20 bits per heavy atom. The average Bonchev–Trinajstić information content (AvgIpc) is 2.60. The van der Waals surface area contributed by atoms with Crippen molar-refractivity contribution in [2.45, 2.75) is 0 Å². The molecule has 0 fully saturated rings. The number of rotatable bonds is 2. The van der Waals surface area contributed by atoms with Crippen LogP contribution in [0.5, 0.6) is 0 Å². The van der Waals surface area contributed by atoms with Crippen LogP contribution in [0.15, 0.2) is 30.5 Å². The Kier molecular flexibility index (Phi) is 2.84. The number of para-hydroxylation sites is 1. The van der Waals surface area contributed by atoms with Gasteiger partial charge in [-0.2, -0.15) is 5.10 Å². The fourth-order valence-corrected chi connectivity index (χ4v) is 1.79. The van der Waals surface area contributed by atoms with E-state index < -0.39 is 0 Å². The van der Waals surface area contributed by atoms with Crippen LogP contribution in [0.3, 0.4) is 0 Å². The van der Waals surface area contributed by atoms with Crippen LogP contribution >= 0.6 is 23.2 Å². The molecule has 0 bridgehead atoms. The van der Waals surface area contributed by atoms with E-state index in [0.717, 1.165) is 11.5 Å². The van der Waals surface area contributed by atoms with Crippen molar-refractivity contribution < 1.29 is 0 Å². The third kappa shape index (κ3) is 1.80. The van der Waals surface area contributed by atoms with Gasteiger partial charge in [0.25, 0.3) is 0 Å². The molecule has 1 heterocycles. The molecule has 0 aliphatic heterocycles. The zero-order chi connectivity index (χ0) is 10.8. The maximum atomic E-state index is 6.07. The van der Waals surface area contributed by atoms with Crippen LogP contribution in [0.4, 0.5) is 5.82 Å². The molecule has 0 atom stereocenters. The molecule has 0 radical (unpaired) electrons. The Morgan fingerprint density at radius 3 is 2.60 bits per heavy atom. The lowest BCUT2D eigenvalue weighted by Crippen LogP contribution is -2.02. The number of benzene rings is 1. The van der Waals surface area contributed by atoms with Crippen LogP contribution in [-0.4, -0.2) is 16.8 Å². The zero-order valence-electron chi connectivity index (χ0n) is 8.04. The molecule has 15 heavy (non-hydrogen) atoms. The van der Waals surface area contributed by atoms with Gasteiger partial charge in [-0.15, -0.1) is 0 Å². The first kappa shape index (κ1) is 10.3. The van der Waals surface area contributed by atoms with Crippen molar-refractivity contribution in [1.29, 1.82) is 0 Å². The predicted molar refractivity (Wildman–Crippen MR) is 63.1 cm³/mol. The van der Waals surface area contributed by atoms with Gasteiger partial charge in [-0.1, -0.05) is 35.3 Å². The Labute approximate surface area is 97.6 Å². The summed E-state index contributed by atoms with van der Waals surface area (Å²) < 4.78 is 1.67. The van der Waals surface area contributed by atoms with Gasteiger partial charge in [-0.05, 0) is 12.1 Å². The highest BCUT2D eigenvalue weighted by atomic mass is 35.5. The highest BCUT2D eigenvalue weighted by Gasteiger charge is 2.10. The quantitative estimate of drug-likeness (QED) is 0.876. The van der Waals surface area contributed by atoms with E-state index in [1.807, 2.05) is 24.3 Å². The van der Waals surface area contributed by atoms with Gasteiger partial charge in [0.05, 0.1) is 16.9 Å². The monoisotopic (exact) mass is 241 g/mol. The van der Waals surface area contributed by atoms with Gasteiger partial charge in [-0.25, -0.2) is 4.68 Å². The minimum absolute atomic E-state index is 0.567. The summed E-state index contributed by atoms with van der Waals surface area (Å²) in [4.78, 5) is 0. The van der Waals surface area contributed by atoms with Gasteiger partial charge < -0.3 is 5.32 Å². The van der Waals surface area contributed by atoms with E-state index in [1.165, 1.54) is 0 Å². The normalized spacial score (nSPS) is 10.3. The molecule has 2 rings (SSSR count). The lowest BCUT2D eigenvalue weighted by atomic mass is 10.3. The Hall–Kier alpha value is -1.19. The molecule has 0 amide bonds. The smallest absolute Gasteiger partial charge is 0.148 e. The van der Waals surface area contributed by atoms with E-state index in [9.17, 15) is 0 Å². The molecule has 1 aromatic heterocycles. The second kappa shape index (κ2) is 4.13. The van der Waals surface area contributed by atoms with Crippen molar-refractivity contribution in [2.75, 3.05) is 12.4 Å². The highest BCUT2D eigenvalue weighted by molar-refractivity contribution is 6.33. The number of halogens is 2. The molecule has 2 aromatic rings. The summed E-state index contributed by atoms with van der Waals surface area (Å²) in [5.74, 6) is 0.727. The van der Waals surface area contributed by atoms with Crippen LogP contribution in [0, 0.1) is 0 Å². The van der Waals surface area contributed by atoms with Crippen LogP contribution in [0.1, 0.15) is 0 Å². The molecule has 0 unspecified atom stereocenters. The third-order valence-electron chi connectivity index (χ3n) is 2.04. The van der Waals surface area contributed by atoms with Crippen molar-refractivity contribution in [1.82, 2.24) is 9.78 Å². The maximum Gasteiger partial charge on any atom is 0.148 e. The Bertz CT molecular complexity index is 479. The number of hydrogen-bond acceptors (Lipinski definition) is 2. The van der Waals surface area contributed by atoms with E-state index in [-0.39, 0.29) is 0 Å². The molecule has 3 nitrogen and oxygen atoms in total. The van der Waals surface area contributed by atoms with Gasteiger partial charge in [0, 0.05) is 7.05 Å². The van der Waals surface area contributed by atoms with E-state index >= 15 is 0 Å². The van der Waals surface area contributed by atoms with Crippen molar-refractivity contribution in [3.05, 3.63) is 40.5 Å². The van der Waals surface area contributed by atoms with Crippen LogP contribution in [-0.2, 0) is 0 Å². The summed E-state index contributed by atoms with van der Waals surface area (Å²) in [6.07, 6.45) is 1.58. The zero-order valence-corrected chi connectivity index (χ0v) is 9.55. The second-order valence-electron chi connectivity index (χ2n) is 2.95. The van der Waals surface area contributed by atoms with E-state index in [0.29, 0.717) is 10.0 Å². The molecule has 0 spiro atoms. The van der Waals surface area contributed by atoms with Crippen LogP contribution in [0.2, 0.25) is 10.0 Å². The van der Waals surface area contributed by atoms with Gasteiger partial charge in [0.15, 0.2) is 0 Å². The minimum atomic E-state index is 0.567. The van der Waals surface area contributed by atoms with E-state index in [1.54, 1.807) is 17.9 Å². The predicted octanol–water partition coefficient (Wildman–Crippen LogP) is 3.22. The molecule has 5 heteroatoms. The molecular weight excluding hydrogens is 233 g/mol. The fourth-order valence-electron chi connectivity index (χ4n) is 1.36. The summed E-state index contributed by atoms with van der Waals surface area (Å²) in [7, 11) is 1.79. The molecule has 0 saturated carbocycles. The molecule has 1 aromatic carbocycles. The number of nitrogens with one attached hydrogen (secondary N) is 1. The van der Waals surface area contributed by atoms with Crippen LogP contribution < -0.4 is 5.32 Å². The van der Waals surface area contributed by atoms with Crippen LogP contribution in [0.25, 0.3) is 5.69 Å². The molecule has 0 aliphatic rings. The van der Waals surface area contributed by atoms with Crippen molar-refractivity contribution in [3.8, 4) is 5.69 Å². The van der Waals surface area contributed by atoms with Gasteiger partial charge >= 0.3 is 0 Å². The first-order chi connectivity index (χ1) is 7.24. The summed E-state index contributed by atoms with van der Waals surface area (Å²) in [5, 5.41) is 8.34. The highest BCUT2D eigenvalue weighted by Crippen LogP contribution is 2.27. The largest absolute Gasteiger partial charge is 0.372 e. The average molecular weight is 242 g/mol. The SMILES string of the molecule is CNc1c(Cl)cnn1-c1ccccc1Cl. The number of nitrogens with zero attached hydrogens (tertiary/aromatic N) is 2. The topological polar surface area (TPSA) is 29.9 Å². The minimum Gasteiger partial charge on any atom is -0.372 e. The maximum absolute atomic E-state index is 6.07. The summed E-state index contributed by atoms with van der Waals surface area (Å²) in [6, 6.07) is 7.46. The first-order valence-corrected chi connectivity index (χ1v) is 5.16. The lowest BCUT2D eigenvalue weighted by molar-refractivity contribution is 0.885. The molecule has 0 aliphatic carbocycles. The molecular formula is C10H9Cl2N3. The Balaban J connectivity index is 2.59. The first-order valence-electron chi connectivity index (χ1n) is 4.40. The molecule has 78 valence electrons. The summed E-state index contributed by atoms with van der Waals surface area (Å²) in [6.45, 7) is 0. The number of aromatic nitrogens is 2. The van der Waals surface area contributed by atoms with Crippen molar-refractivity contribution >= 4 is 29.0 Å². The number of anilines is 1. The third-order valence-corrected chi connectivity index (χ3v) is 2.64. The van der Waals surface area contributed by atoms with Crippen molar-refractivity contribution in [2.24, 2.45) is 0 Å². The lowest BCUT2D eigenvalue weighted by Gasteiger charge is -2.08. The van der Waals surface area contributed by atoms with E-state index in [2.05, 4.69) is 10.4 Å². The number of hydrogen-bond donors (Lipinski definition) is 1. The standard InChI is InChI=1S/C10H9Cl2N3/c1-13-10-8(12)6-14-15(10)9-5-3-2-4-7(9)11/h2-6,13H,1H3.